The van der Waals surface area contributed by atoms with Crippen molar-refractivity contribution >= 4 is 46.4 Å². The number of nitrogens with one attached hydrogen (secondary N) is 1. The third kappa shape index (κ3) is 4.61. The molecule has 5 rings (SSSR count). The van der Waals surface area contributed by atoms with Gasteiger partial charge in [-0.1, -0.05) is 29.3 Å². The molecule has 0 bridgehead atoms. The fourth-order valence-electron chi connectivity index (χ4n) is 4.23. The van der Waals surface area contributed by atoms with Gasteiger partial charge in [0.1, 0.15) is 5.69 Å². The molecule has 0 radical (unpaired) electrons. The Morgan fingerprint density at radius 3 is 2.21 bits per heavy atom. The van der Waals surface area contributed by atoms with Gasteiger partial charge >= 0.3 is 0 Å². The zero-order valence-corrected chi connectivity index (χ0v) is 19.9. The number of nitrogens with two attached hydrogens (primary N) is 1. The number of anilines is 2. The Balaban J connectivity index is 1.31. The number of nitrogens with zero attached hydrogens (tertiary/aromatic N) is 4. The van der Waals surface area contributed by atoms with Crippen molar-refractivity contribution in [1.29, 1.82) is 0 Å². The average Bonchev–Trinajstić information content (AvgIpc) is 3.60. The highest BCUT2D eigenvalue weighted by Gasteiger charge is 2.32. The summed E-state index contributed by atoms with van der Waals surface area (Å²) in [7, 11) is 0. The summed E-state index contributed by atoms with van der Waals surface area (Å²) in [5.74, 6) is -0.664. The van der Waals surface area contributed by atoms with Crippen molar-refractivity contribution in [2.45, 2.75) is 18.9 Å². The number of hydrogen-bond acceptors (Lipinski definition) is 5. The van der Waals surface area contributed by atoms with Gasteiger partial charge in [-0.15, -0.1) is 0 Å². The number of aromatic nitrogens is 2. The van der Waals surface area contributed by atoms with Crippen LogP contribution < -0.4 is 11.1 Å². The molecule has 1 aliphatic heterocycles. The van der Waals surface area contributed by atoms with E-state index in [9.17, 15) is 9.59 Å². The van der Waals surface area contributed by atoms with Crippen molar-refractivity contribution in [3.63, 3.8) is 0 Å². The number of rotatable bonds is 6. The first-order chi connectivity index (χ1) is 16.4. The first-order valence-corrected chi connectivity index (χ1v) is 11.9. The average molecular weight is 499 g/mol. The standard InChI is InChI=1S/C24H24Cl2N6O2/c25-18-2-1-3-19(26)22(18)32-14-20(21(29-32)23(27)33)28-16-6-4-15(5-7-16)24(34)31-12-10-30(11-13-31)17-8-9-17/h1-7,14,17,28H,8-13H2,(H2,27,33). The topological polar surface area (TPSA) is 96.5 Å². The van der Waals surface area contributed by atoms with Crippen molar-refractivity contribution in [3.05, 3.63) is 70.0 Å². The van der Waals surface area contributed by atoms with Gasteiger partial charge in [0.05, 0.1) is 21.9 Å². The predicted octanol–water partition coefficient (Wildman–Crippen LogP) is 3.94. The lowest BCUT2D eigenvalue weighted by atomic mass is 10.1. The fraction of sp³-hybridized carbons (Fsp3) is 0.292. The van der Waals surface area contributed by atoms with Crippen molar-refractivity contribution < 1.29 is 9.59 Å². The van der Waals surface area contributed by atoms with Crippen LogP contribution in [0, 0.1) is 0 Å². The Labute approximate surface area is 207 Å². The molecule has 10 heteroatoms. The van der Waals surface area contributed by atoms with Crippen LogP contribution in [0.3, 0.4) is 0 Å². The number of halogens is 2. The van der Waals surface area contributed by atoms with Crippen molar-refractivity contribution in [1.82, 2.24) is 19.6 Å². The van der Waals surface area contributed by atoms with Crippen molar-refractivity contribution in [2.75, 3.05) is 31.5 Å². The zero-order chi connectivity index (χ0) is 23.8. The van der Waals surface area contributed by atoms with Gasteiger partial charge in [0.25, 0.3) is 11.8 Å². The van der Waals surface area contributed by atoms with E-state index >= 15 is 0 Å². The van der Waals surface area contributed by atoms with Crippen molar-refractivity contribution in [2.24, 2.45) is 5.73 Å². The van der Waals surface area contributed by atoms with Crippen molar-refractivity contribution in [3.8, 4) is 5.69 Å². The molecule has 3 aromatic rings. The van der Waals surface area contributed by atoms with Crippen LogP contribution in [0.1, 0.15) is 33.7 Å². The van der Waals surface area contributed by atoms with E-state index in [1.807, 2.05) is 4.90 Å². The SMILES string of the molecule is NC(=O)c1nn(-c2c(Cl)cccc2Cl)cc1Nc1ccc(C(=O)N2CCN(C3CC3)CC2)cc1. The Hall–Kier alpha value is -3.07. The van der Waals surface area contributed by atoms with Crippen LogP contribution in [0.25, 0.3) is 5.69 Å². The molecule has 1 aromatic heterocycles. The van der Waals surface area contributed by atoms with Gasteiger partial charge in [0.2, 0.25) is 0 Å². The maximum atomic E-state index is 12.9. The Bertz CT molecular complexity index is 1210. The van der Waals surface area contributed by atoms with Crippen LogP contribution >= 0.6 is 23.2 Å². The highest BCUT2D eigenvalue weighted by molar-refractivity contribution is 6.37. The quantitative estimate of drug-likeness (QED) is 0.536. The zero-order valence-electron chi connectivity index (χ0n) is 18.4. The maximum Gasteiger partial charge on any atom is 0.271 e. The molecular formula is C24H24Cl2N6O2. The molecule has 0 atom stereocenters. The van der Waals surface area contributed by atoms with Crippen LogP contribution in [-0.4, -0.2) is 63.6 Å². The molecule has 1 aliphatic carbocycles. The second-order valence-electron chi connectivity index (χ2n) is 8.53. The molecule has 8 nitrogen and oxygen atoms in total. The Kier molecular flexibility index (Phi) is 6.20. The predicted molar refractivity (Wildman–Crippen MR) is 132 cm³/mol. The van der Waals surface area contributed by atoms with Crippen LogP contribution in [0.2, 0.25) is 10.0 Å². The summed E-state index contributed by atoms with van der Waals surface area (Å²) < 4.78 is 1.42. The lowest BCUT2D eigenvalue weighted by Crippen LogP contribution is -2.49. The highest BCUT2D eigenvalue weighted by atomic mass is 35.5. The molecule has 2 fully saturated rings. The van der Waals surface area contributed by atoms with Gasteiger partial charge in [-0.2, -0.15) is 5.10 Å². The van der Waals surface area contributed by atoms with Gasteiger partial charge < -0.3 is 16.0 Å². The number of hydrogen-bond donors (Lipinski definition) is 2. The lowest BCUT2D eigenvalue weighted by molar-refractivity contribution is 0.0627. The second kappa shape index (κ2) is 9.29. The van der Waals surface area contributed by atoms with Crippen LogP contribution in [-0.2, 0) is 0 Å². The van der Waals surface area contributed by atoms with E-state index < -0.39 is 5.91 Å². The largest absolute Gasteiger partial charge is 0.364 e. The van der Waals surface area contributed by atoms with Crippen LogP contribution in [0.15, 0.2) is 48.7 Å². The molecule has 34 heavy (non-hydrogen) atoms. The number of piperazine rings is 1. The van der Waals surface area contributed by atoms with Gasteiger partial charge in [0.15, 0.2) is 5.69 Å². The van der Waals surface area contributed by atoms with Crippen LogP contribution in [0.5, 0.6) is 0 Å². The number of carbonyl (C=O) groups is 2. The van der Waals surface area contributed by atoms with E-state index in [1.165, 1.54) is 17.5 Å². The molecule has 1 saturated carbocycles. The third-order valence-electron chi connectivity index (χ3n) is 6.19. The molecule has 2 aliphatic rings. The third-order valence-corrected chi connectivity index (χ3v) is 6.80. The summed E-state index contributed by atoms with van der Waals surface area (Å²) in [5.41, 5.74) is 7.74. The summed E-state index contributed by atoms with van der Waals surface area (Å²) in [4.78, 5) is 29.3. The first-order valence-electron chi connectivity index (χ1n) is 11.1. The van der Waals surface area contributed by atoms with E-state index in [4.69, 9.17) is 28.9 Å². The molecule has 176 valence electrons. The van der Waals surface area contributed by atoms with Gasteiger partial charge in [-0.25, -0.2) is 4.68 Å². The maximum absolute atomic E-state index is 12.9. The van der Waals surface area contributed by atoms with E-state index in [0.717, 1.165) is 32.2 Å². The number of amides is 2. The lowest BCUT2D eigenvalue weighted by Gasteiger charge is -2.34. The summed E-state index contributed by atoms with van der Waals surface area (Å²) in [6.07, 6.45) is 4.17. The molecule has 2 amide bonds. The van der Waals surface area contributed by atoms with E-state index in [0.29, 0.717) is 32.7 Å². The molecule has 2 heterocycles. The van der Waals surface area contributed by atoms with Gasteiger partial charge in [0, 0.05) is 43.5 Å². The summed E-state index contributed by atoms with van der Waals surface area (Å²) in [5, 5.41) is 8.20. The van der Waals surface area contributed by atoms with Gasteiger partial charge in [-0.05, 0) is 49.2 Å². The fourth-order valence-corrected chi connectivity index (χ4v) is 4.80. The second-order valence-corrected chi connectivity index (χ2v) is 9.35. The molecule has 0 unspecified atom stereocenters. The number of para-hydroxylation sites is 1. The minimum Gasteiger partial charge on any atom is -0.364 e. The first kappa shape index (κ1) is 22.7. The van der Waals surface area contributed by atoms with E-state index in [1.54, 1.807) is 48.7 Å². The molecule has 2 aromatic carbocycles. The van der Waals surface area contributed by atoms with Crippen LogP contribution in [0.4, 0.5) is 11.4 Å². The normalized spacial score (nSPS) is 16.5. The summed E-state index contributed by atoms with van der Waals surface area (Å²) in [6.45, 7) is 3.37. The summed E-state index contributed by atoms with van der Waals surface area (Å²) in [6, 6.07) is 12.9. The van der Waals surface area contributed by atoms with E-state index in [-0.39, 0.29) is 11.6 Å². The number of benzene rings is 2. The van der Waals surface area contributed by atoms with E-state index in [2.05, 4.69) is 15.3 Å². The number of primary amides is 1. The highest BCUT2D eigenvalue weighted by Crippen LogP contribution is 2.31. The minimum absolute atomic E-state index is 0.0287. The Morgan fingerprint density at radius 1 is 0.971 bits per heavy atom. The molecular weight excluding hydrogens is 475 g/mol. The summed E-state index contributed by atoms with van der Waals surface area (Å²) >= 11 is 12.6. The monoisotopic (exact) mass is 498 g/mol. The molecule has 0 spiro atoms. The minimum atomic E-state index is -0.693. The number of carbonyl (C=O) groups excluding carboxylic acids is 2. The molecule has 3 N–H and O–H groups in total. The smallest absolute Gasteiger partial charge is 0.271 e. The Morgan fingerprint density at radius 2 is 1.62 bits per heavy atom. The van der Waals surface area contributed by atoms with Gasteiger partial charge in [-0.3, -0.25) is 14.5 Å². The molecule has 1 saturated heterocycles.